The van der Waals surface area contributed by atoms with Crippen molar-refractivity contribution >= 4 is 10.0 Å². The van der Waals surface area contributed by atoms with Gasteiger partial charge >= 0.3 is 0 Å². The molecule has 1 aliphatic heterocycles. The number of rotatable bonds is 5. The van der Waals surface area contributed by atoms with Crippen LogP contribution in [0.5, 0.6) is 0 Å². The average Bonchev–Trinajstić information content (AvgIpc) is 2.81. The monoisotopic (exact) mass is 315 g/mol. The first-order valence-corrected chi connectivity index (χ1v) is 8.67. The molecule has 2 rings (SSSR count). The summed E-state index contributed by atoms with van der Waals surface area (Å²) in [6.07, 6.45) is 1.72. The van der Waals surface area contributed by atoms with E-state index in [1.165, 1.54) is 0 Å². The van der Waals surface area contributed by atoms with Gasteiger partial charge in [0.15, 0.2) is 5.03 Å². The molecule has 1 fully saturated rings. The number of nitrogens with zero attached hydrogens (tertiary/aromatic N) is 3. The fourth-order valence-corrected chi connectivity index (χ4v) is 4.38. The van der Waals surface area contributed by atoms with Crippen LogP contribution < -0.4 is 5.32 Å². The Morgan fingerprint density at radius 2 is 2.00 bits per heavy atom. The largest absolute Gasteiger partial charge is 0.316 e. The fourth-order valence-electron chi connectivity index (χ4n) is 2.75. The van der Waals surface area contributed by atoms with Crippen molar-refractivity contribution in [1.82, 2.24) is 24.7 Å². The van der Waals surface area contributed by atoms with Crippen LogP contribution in [0.2, 0.25) is 0 Å². The molecular weight excluding hydrogens is 290 g/mol. The average molecular weight is 315 g/mol. The van der Waals surface area contributed by atoms with E-state index >= 15 is 0 Å². The van der Waals surface area contributed by atoms with E-state index in [1.807, 2.05) is 21.0 Å². The van der Waals surface area contributed by atoms with Crippen molar-refractivity contribution in [3.05, 3.63) is 11.3 Å². The molecular formula is C13H25N5O2S. The molecule has 2 N–H and O–H groups in total. The summed E-state index contributed by atoms with van der Waals surface area (Å²) < 4.78 is 27.1. The number of piperidine rings is 1. The third-order valence-corrected chi connectivity index (χ3v) is 6.00. The first-order chi connectivity index (χ1) is 9.87. The van der Waals surface area contributed by atoms with Crippen molar-refractivity contribution < 1.29 is 8.42 Å². The Bertz CT molecular complexity index is 573. The van der Waals surface area contributed by atoms with E-state index in [9.17, 15) is 8.42 Å². The molecule has 0 aliphatic carbocycles. The second-order valence-electron chi connectivity index (χ2n) is 5.76. The van der Waals surface area contributed by atoms with Gasteiger partial charge in [-0.05, 0) is 40.9 Å². The number of sulfonamides is 1. The number of hydrogen-bond acceptors (Lipinski definition) is 5. The van der Waals surface area contributed by atoms with Crippen molar-refractivity contribution in [2.75, 3.05) is 34.2 Å². The topological polar surface area (TPSA) is 81.3 Å². The number of aromatic amines is 1. The maximum atomic E-state index is 12.8. The maximum Gasteiger partial charge on any atom is 0.262 e. The third-order valence-electron chi connectivity index (χ3n) is 4.13. The molecule has 8 heteroatoms. The highest BCUT2D eigenvalue weighted by Crippen LogP contribution is 2.24. The molecule has 0 atom stereocenters. The van der Waals surface area contributed by atoms with E-state index < -0.39 is 10.0 Å². The highest BCUT2D eigenvalue weighted by atomic mass is 32.2. The van der Waals surface area contributed by atoms with Crippen LogP contribution in [0.4, 0.5) is 0 Å². The Hall–Kier alpha value is -0.960. The van der Waals surface area contributed by atoms with Gasteiger partial charge in [-0.2, -0.15) is 9.40 Å². The van der Waals surface area contributed by atoms with Crippen LogP contribution >= 0.6 is 0 Å². The van der Waals surface area contributed by atoms with Crippen LogP contribution in [0.15, 0.2) is 5.03 Å². The normalized spacial score (nSPS) is 18.5. The van der Waals surface area contributed by atoms with Gasteiger partial charge < -0.3 is 10.2 Å². The van der Waals surface area contributed by atoms with Gasteiger partial charge in [0.25, 0.3) is 10.0 Å². The molecule has 21 heavy (non-hydrogen) atoms. The molecule has 120 valence electrons. The molecule has 1 aromatic rings. The minimum Gasteiger partial charge on any atom is -0.316 e. The van der Waals surface area contributed by atoms with Crippen LogP contribution in [0.25, 0.3) is 0 Å². The smallest absolute Gasteiger partial charge is 0.262 e. The molecule has 0 radical (unpaired) electrons. The maximum absolute atomic E-state index is 12.8. The summed E-state index contributed by atoms with van der Waals surface area (Å²) in [5, 5.41) is 9.98. The van der Waals surface area contributed by atoms with Gasteiger partial charge in [0.1, 0.15) is 0 Å². The van der Waals surface area contributed by atoms with Crippen molar-refractivity contribution in [2.45, 2.75) is 37.4 Å². The summed E-state index contributed by atoms with van der Waals surface area (Å²) in [5.74, 6) is 0. The van der Waals surface area contributed by atoms with Crippen molar-refractivity contribution in [3.63, 3.8) is 0 Å². The summed E-state index contributed by atoms with van der Waals surface area (Å²) >= 11 is 0. The number of hydrogen-bond donors (Lipinski definition) is 2. The van der Waals surface area contributed by atoms with Crippen LogP contribution in [-0.2, 0) is 16.6 Å². The molecule has 0 bridgehead atoms. The Kier molecular flexibility index (Phi) is 5.03. The van der Waals surface area contributed by atoms with Crippen molar-refractivity contribution in [2.24, 2.45) is 0 Å². The van der Waals surface area contributed by atoms with E-state index in [-0.39, 0.29) is 5.03 Å². The fraction of sp³-hybridized carbons (Fsp3) is 0.769. The molecule has 7 nitrogen and oxygen atoms in total. The van der Waals surface area contributed by atoms with E-state index in [4.69, 9.17) is 0 Å². The molecule has 1 aromatic heterocycles. The summed E-state index contributed by atoms with van der Waals surface area (Å²) in [7, 11) is 2.36. The molecule has 2 heterocycles. The standard InChI is InChI=1S/C13H25N5O2S/c1-10-12(9-14-2)13(16-15-10)21(19,20)18-7-5-11(6-8-18)17(3)4/h11,14H,5-9H2,1-4H3,(H,15,16). The number of aryl methyl sites for hydroxylation is 1. The predicted molar refractivity (Wildman–Crippen MR) is 81.6 cm³/mol. The summed E-state index contributed by atoms with van der Waals surface area (Å²) in [6, 6.07) is 0.453. The Labute approximate surface area is 126 Å². The van der Waals surface area contributed by atoms with Crippen LogP contribution in [-0.4, -0.2) is 68.1 Å². The molecule has 0 aromatic carbocycles. The second kappa shape index (κ2) is 6.43. The molecule has 0 spiro atoms. The summed E-state index contributed by atoms with van der Waals surface area (Å²) in [6.45, 7) is 3.44. The SMILES string of the molecule is CNCc1c(S(=O)(=O)N2CCC(N(C)C)CC2)n[nH]c1C. The zero-order valence-corrected chi connectivity index (χ0v) is 14.0. The van der Waals surface area contributed by atoms with Crippen LogP contribution in [0.1, 0.15) is 24.1 Å². The summed E-state index contributed by atoms with van der Waals surface area (Å²) in [5.41, 5.74) is 1.53. The Morgan fingerprint density at radius 3 is 2.52 bits per heavy atom. The molecule has 1 saturated heterocycles. The Balaban J connectivity index is 2.20. The van der Waals surface area contributed by atoms with Crippen molar-refractivity contribution in [3.8, 4) is 0 Å². The van der Waals surface area contributed by atoms with Gasteiger partial charge in [-0.3, -0.25) is 5.10 Å². The lowest BCUT2D eigenvalue weighted by Gasteiger charge is -2.34. The quantitative estimate of drug-likeness (QED) is 0.808. The minimum atomic E-state index is -3.51. The van der Waals surface area contributed by atoms with E-state index in [1.54, 1.807) is 11.4 Å². The van der Waals surface area contributed by atoms with Crippen molar-refractivity contribution in [1.29, 1.82) is 0 Å². The molecule has 0 saturated carbocycles. The van der Waals surface area contributed by atoms with Crippen LogP contribution in [0, 0.1) is 6.92 Å². The summed E-state index contributed by atoms with van der Waals surface area (Å²) in [4.78, 5) is 2.16. The second-order valence-corrected chi connectivity index (χ2v) is 7.61. The van der Waals surface area contributed by atoms with Gasteiger partial charge in [-0.1, -0.05) is 0 Å². The molecule has 0 amide bonds. The zero-order valence-electron chi connectivity index (χ0n) is 13.2. The van der Waals surface area contributed by atoms with Gasteiger partial charge in [0.05, 0.1) is 0 Å². The van der Waals surface area contributed by atoms with Gasteiger partial charge in [-0.15, -0.1) is 0 Å². The number of H-pyrrole nitrogens is 1. The highest BCUT2D eigenvalue weighted by molar-refractivity contribution is 7.89. The molecule has 1 aliphatic rings. The van der Waals surface area contributed by atoms with E-state index in [0.717, 1.165) is 24.1 Å². The lowest BCUT2D eigenvalue weighted by Crippen LogP contribution is -2.44. The van der Waals surface area contributed by atoms with Gasteiger partial charge in [0.2, 0.25) is 0 Å². The Morgan fingerprint density at radius 1 is 1.38 bits per heavy atom. The zero-order chi connectivity index (χ0) is 15.6. The number of nitrogens with one attached hydrogen (secondary N) is 2. The lowest BCUT2D eigenvalue weighted by molar-refractivity contribution is 0.196. The van der Waals surface area contributed by atoms with E-state index in [2.05, 4.69) is 20.4 Å². The lowest BCUT2D eigenvalue weighted by atomic mass is 10.1. The van der Waals surface area contributed by atoms with E-state index in [0.29, 0.717) is 25.7 Å². The third kappa shape index (κ3) is 3.28. The first kappa shape index (κ1) is 16.4. The van der Waals surface area contributed by atoms with Gasteiger partial charge in [-0.25, -0.2) is 8.42 Å². The highest BCUT2D eigenvalue weighted by Gasteiger charge is 2.33. The number of aromatic nitrogens is 2. The predicted octanol–water partition coefficient (Wildman–Crippen LogP) is 0.152. The van der Waals surface area contributed by atoms with Gasteiger partial charge in [0, 0.05) is 36.9 Å². The van der Waals surface area contributed by atoms with Crippen LogP contribution in [0.3, 0.4) is 0 Å². The first-order valence-electron chi connectivity index (χ1n) is 7.23. The molecule has 0 unspecified atom stereocenters. The minimum absolute atomic E-state index is 0.164.